The Morgan fingerprint density at radius 1 is 1.18 bits per heavy atom. The molecule has 28 heavy (non-hydrogen) atoms. The van der Waals surface area contributed by atoms with Crippen LogP contribution in [0.1, 0.15) is 30.0 Å². The maximum absolute atomic E-state index is 12.1. The fraction of sp³-hybridized carbons (Fsp3) is 0.273. The van der Waals surface area contributed by atoms with Crippen LogP contribution in [-0.4, -0.2) is 35.3 Å². The van der Waals surface area contributed by atoms with Gasteiger partial charge in [0.2, 0.25) is 0 Å². The van der Waals surface area contributed by atoms with Crippen molar-refractivity contribution in [2.24, 2.45) is 0 Å². The topological polar surface area (TPSA) is 78.9 Å². The van der Waals surface area contributed by atoms with Crippen LogP contribution in [0.15, 0.2) is 54.6 Å². The molecule has 0 radical (unpaired) electrons. The molecular formula is C22H24N2O4. The number of carboxylic acid groups (broad SMARTS) is 1. The third-order valence-corrected chi connectivity index (χ3v) is 4.79. The lowest BCUT2D eigenvalue weighted by Crippen LogP contribution is -2.33. The Morgan fingerprint density at radius 2 is 1.96 bits per heavy atom. The Morgan fingerprint density at radius 3 is 2.61 bits per heavy atom. The number of benzene rings is 2. The molecule has 0 atom stereocenters. The zero-order valence-electron chi connectivity index (χ0n) is 15.9. The highest BCUT2D eigenvalue weighted by Gasteiger charge is 2.17. The number of rotatable bonds is 5. The number of hydrogen-bond donors (Lipinski definition) is 2. The molecule has 0 saturated heterocycles. The maximum atomic E-state index is 12.1. The van der Waals surface area contributed by atoms with Crippen molar-refractivity contribution in [2.75, 3.05) is 18.4 Å². The molecule has 2 aromatic rings. The first-order chi connectivity index (χ1) is 13.6. The van der Waals surface area contributed by atoms with Gasteiger partial charge >= 0.3 is 12.2 Å². The monoisotopic (exact) mass is 380 g/mol. The summed E-state index contributed by atoms with van der Waals surface area (Å²) >= 11 is 0. The van der Waals surface area contributed by atoms with E-state index in [2.05, 4.69) is 11.4 Å². The van der Waals surface area contributed by atoms with Gasteiger partial charge in [-0.2, -0.15) is 0 Å². The van der Waals surface area contributed by atoms with Crippen LogP contribution in [0.5, 0.6) is 0 Å². The van der Waals surface area contributed by atoms with Crippen LogP contribution in [0, 0.1) is 0 Å². The van der Waals surface area contributed by atoms with Gasteiger partial charge in [-0.1, -0.05) is 49.4 Å². The Labute approximate surface area is 164 Å². The molecule has 0 spiro atoms. The number of carbonyl (C=O) groups is 2. The van der Waals surface area contributed by atoms with Gasteiger partial charge < -0.3 is 14.7 Å². The van der Waals surface area contributed by atoms with E-state index in [1.807, 2.05) is 55.5 Å². The number of carbonyl (C=O) groups excluding carboxylic acids is 1. The molecule has 0 aliphatic carbocycles. The van der Waals surface area contributed by atoms with Crippen molar-refractivity contribution < 1.29 is 19.4 Å². The predicted molar refractivity (Wildman–Crippen MR) is 108 cm³/mol. The molecule has 1 aliphatic heterocycles. The number of ether oxygens (including phenoxy) is 1. The number of nitrogens with one attached hydrogen (secondary N) is 1. The second kappa shape index (κ2) is 9.08. The molecular weight excluding hydrogens is 356 g/mol. The fourth-order valence-electron chi connectivity index (χ4n) is 3.18. The summed E-state index contributed by atoms with van der Waals surface area (Å²) in [7, 11) is 0. The first-order valence-electron chi connectivity index (χ1n) is 9.34. The lowest BCUT2D eigenvalue weighted by molar-refractivity contribution is 0.150. The second-order valence-corrected chi connectivity index (χ2v) is 6.62. The molecule has 146 valence electrons. The van der Waals surface area contributed by atoms with Gasteiger partial charge in [-0.05, 0) is 47.2 Å². The summed E-state index contributed by atoms with van der Waals surface area (Å²) < 4.78 is 5.29. The molecule has 6 nitrogen and oxygen atoms in total. The summed E-state index contributed by atoms with van der Waals surface area (Å²) in [5.41, 5.74) is 4.86. The molecule has 2 amide bonds. The van der Waals surface area contributed by atoms with E-state index in [0.717, 1.165) is 34.4 Å². The first kappa shape index (κ1) is 19.5. The van der Waals surface area contributed by atoms with Crippen LogP contribution < -0.4 is 5.32 Å². The summed E-state index contributed by atoms with van der Waals surface area (Å²) in [6.07, 6.45) is 2.02. The lowest BCUT2D eigenvalue weighted by Gasteiger charge is -2.24. The normalized spacial score (nSPS) is 13.6. The minimum atomic E-state index is -0.891. The van der Waals surface area contributed by atoms with E-state index >= 15 is 0 Å². The van der Waals surface area contributed by atoms with Gasteiger partial charge in [0.1, 0.15) is 6.61 Å². The molecule has 1 aliphatic rings. The van der Waals surface area contributed by atoms with Crippen LogP contribution in [0.2, 0.25) is 0 Å². The second-order valence-electron chi connectivity index (χ2n) is 6.62. The van der Waals surface area contributed by atoms with Crippen molar-refractivity contribution in [3.63, 3.8) is 0 Å². The molecule has 0 unspecified atom stereocenters. The molecule has 0 bridgehead atoms. The standard InChI is InChI=1S/C22H24N2O4/c1-2-17-14-19(18-10-12-24(13-11-18)22(26)27)8-9-20(17)23-21(25)28-15-16-6-4-3-5-7-16/h3-10,14H,2,11-13,15H2,1H3,(H,23,25)(H,26,27). The van der Waals surface area contributed by atoms with Gasteiger partial charge in [0.25, 0.3) is 0 Å². The Hall–Kier alpha value is -3.28. The van der Waals surface area contributed by atoms with E-state index in [0.29, 0.717) is 19.5 Å². The molecule has 3 rings (SSSR count). The van der Waals surface area contributed by atoms with E-state index in [1.165, 1.54) is 4.90 Å². The average Bonchev–Trinajstić information content (AvgIpc) is 2.73. The van der Waals surface area contributed by atoms with Crippen molar-refractivity contribution in [1.82, 2.24) is 4.90 Å². The minimum absolute atomic E-state index is 0.221. The summed E-state index contributed by atoms with van der Waals surface area (Å²) in [4.78, 5) is 24.6. The van der Waals surface area contributed by atoms with Crippen LogP contribution in [0.25, 0.3) is 5.57 Å². The van der Waals surface area contributed by atoms with Gasteiger partial charge in [0.15, 0.2) is 0 Å². The highest BCUT2D eigenvalue weighted by Crippen LogP contribution is 2.27. The van der Waals surface area contributed by atoms with Crippen LogP contribution in [-0.2, 0) is 17.8 Å². The lowest BCUT2D eigenvalue weighted by atomic mass is 9.96. The number of amides is 2. The summed E-state index contributed by atoms with van der Waals surface area (Å²) in [5.74, 6) is 0. The van der Waals surface area contributed by atoms with Crippen molar-refractivity contribution in [3.8, 4) is 0 Å². The highest BCUT2D eigenvalue weighted by atomic mass is 16.5. The summed E-state index contributed by atoms with van der Waals surface area (Å²) in [5, 5.41) is 11.9. The van der Waals surface area contributed by atoms with Crippen LogP contribution in [0.3, 0.4) is 0 Å². The zero-order valence-corrected chi connectivity index (χ0v) is 15.9. The van der Waals surface area contributed by atoms with Gasteiger partial charge in [-0.3, -0.25) is 5.32 Å². The molecule has 6 heteroatoms. The quantitative estimate of drug-likeness (QED) is 0.783. The van der Waals surface area contributed by atoms with Crippen molar-refractivity contribution in [1.29, 1.82) is 0 Å². The van der Waals surface area contributed by atoms with Gasteiger partial charge in [0, 0.05) is 18.8 Å². The van der Waals surface area contributed by atoms with E-state index < -0.39 is 12.2 Å². The predicted octanol–water partition coefficient (Wildman–Crippen LogP) is 4.76. The van der Waals surface area contributed by atoms with E-state index in [1.54, 1.807) is 0 Å². The van der Waals surface area contributed by atoms with E-state index in [-0.39, 0.29) is 6.61 Å². The number of anilines is 1. The largest absolute Gasteiger partial charge is 0.465 e. The van der Waals surface area contributed by atoms with Gasteiger partial charge in [-0.15, -0.1) is 0 Å². The first-order valence-corrected chi connectivity index (χ1v) is 9.34. The molecule has 0 saturated carbocycles. The number of hydrogen-bond acceptors (Lipinski definition) is 3. The Kier molecular flexibility index (Phi) is 6.32. The smallest absolute Gasteiger partial charge is 0.411 e. The van der Waals surface area contributed by atoms with Crippen molar-refractivity contribution in [3.05, 3.63) is 71.3 Å². The van der Waals surface area contributed by atoms with Crippen molar-refractivity contribution in [2.45, 2.75) is 26.4 Å². The third kappa shape index (κ3) is 4.91. The Balaban J connectivity index is 1.64. The Bertz CT molecular complexity index is 877. The average molecular weight is 380 g/mol. The maximum Gasteiger partial charge on any atom is 0.411 e. The third-order valence-electron chi connectivity index (χ3n) is 4.79. The highest BCUT2D eigenvalue weighted by molar-refractivity contribution is 5.86. The summed E-state index contributed by atoms with van der Waals surface area (Å²) in [6, 6.07) is 15.4. The molecule has 0 aromatic heterocycles. The minimum Gasteiger partial charge on any atom is -0.465 e. The van der Waals surface area contributed by atoms with Crippen molar-refractivity contribution >= 4 is 23.4 Å². The number of nitrogens with zero attached hydrogens (tertiary/aromatic N) is 1. The fourth-order valence-corrected chi connectivity index (χ4v) is 3.18. The number of aryl methyl sites for hydroxylation is 1. The summed E-state index contributed by atoms with van der Waals surface area (Å²) in [6.45, 7) is 3.15. The van der Waals surface area contributed by atoms with Crippen LogP contribution in [0.4, 0.5) is 15.3 Å². The van der Waals surface area contributed by atoms with Gasteiger partial charge in [0.05, 0.1) is 0 Å². The molecule has 2 aromatic carbocycles. The molecule has 1 heterocycles. The van der Waals surface area contributed by atoms with E-state index in [4.69, 9.17) is 9.84 Å². The van der Waals surface area contributed by atoms with Crippen LogP contribution >= 0.6 is 0 Å². The molecule has 2 N–H and O–H groups in total. The zero-order chi connectivity index (χ0) is 19.9. The molecule has 0 fully saturated rings. The van der Waals surface area contributed by atoms with E-state index in [9.17, 15) is 9.59 Å². The van der Waals surface area contributed by atoms with Gasteiger partial charge in [-0.25, -0.2) is 9.59 Å². The SMILES string of the molecule is CCc1cc(C2=CCN(C(=O)O)CC2)ccc1NC(=O)OCc1ccccc1.